The Morgan fingerprint density at radius 2 is 2.11 bits per heavy atom. The van der Waals surface area contributed by atoms with Crippen LogP contribution in [-0.2, 0) is 6.54 Å². The van der Waals surface area contributed by atoms with Gasteiger partial charge in [0.2, 0.25) is 0 Å². The average molecular weight is 239 g/mol. The van der Waals surface area contributed by atoms with Crippen LogP contribution in [0.5, 0.6) is 11.5 Å². The lowest BCUT2D eigenvalue weighted by atomic mass is 10.2. The van der Waals surface area contributed by atoms with E-state index < -0.39 is 0 Å². The highest BCUT2D eigenvalue weighted by Crippen LogP contribution is 2.24. The minimum absolute atomic E-state index is 0.736. The van der Waals surface area contributed by atoms with Crippen molar-refractivity contribution in [1.29, 1.82) is 0 Å². The Hall–Kier alpha value is -2.36. The lowest BCUT2D eigenvalue weighted by molar-refractivity contribution is 0.480. The molecule has 90 valence electrons. The maximum absolute atomic E-state index is 5.75. The molecule has 0 spiro atoms. The maximum atomic E-state index is 5.75. The third kappa shape index (κ3) is 1.93. The fraction of sp³-hybridized carbons (Fsp3) is 0.143. The van der Waals surface area contributed by atoms with Crippen molar-refractivity contribution >= 4 is 10.9 Å². The van der Waals surface area contributed by atoms with Crippen molar-refractivity contribution in [3.05, 3.63) is 48.9 Å². The van der Waals surface area contributed by atoms with Crippen molar-refractivity contribution in [3.63, 3.8) is 0 Å². The van der Waals surface area contributed by atoms with Crippen LogP contribution in [-0.4, -0.2) is 14.8 Å². The average Bonchev–Trinajstić information content (AvgIpc) is 2.82. The Morgan fingerprint density at radius 3 is 2.89 bits per heavy atom. The number of rotatable bonds is 3. The van der Waals surface area contributed by atoms with Gasteiger partial charge in [-0.25, -0.2) is 0 Å². The summed E-state index contributed by atoms with van der Waals surface area (Å²) in [5.74, 6) is 1.53. The summed E-state index contributed by atoms with van der Waals surface area (Å²) in [7, 11) is 0. The quantitative estimate of drug-likeness (QED) is 0.704. The largest absolute Gasteiger partial charge is 0.456 e. The molecular formula is C14H13N3O. The van der Waals surface area contributed by atoms with Gasteiger partial charge in [-0.3, -0.25) is 9.67 Å². The van der Waals surface area contributed by atoms with E-state index in [9.17, 15) is 0 Å². The predicted octanol–water partition coefficient (Wildman–Crippen LogP) is 3.24. The lowest BCUT2D eigenvalue weighted by Crippen LogP contribution is -1.95. The summed E-state index contributed by atoms with van der Waals surface area (Å²) in [6.45, 7) is 2.92. The van der Waals surface area contributed by atoms with Crippen LogP contribution < -0.4 is 4.74 Å². The van der Waals surface area contributed by atoms with Gasteiger partial charge in [0.1, 0.15) is 11.5 Å². The highest BCUT2D eigenvalue weighted by molar-refractivity contribution is 5.80. The van der Waals surface area contributed by atoms with E-state index in [1.54, 1.807) is 12.4 Å². The summed E-state index contributed by atoms with van der Waals surface area (Å²) in [4.78, 5) is 4.02. The van der Waals surface area contributed by atoms with E-state index in [1.165, 1.54) is 0 Å². The molecule has 0 aliphatic heterocycles. The van der Waals surface area contributed by atoms with Crippen molar-refractivity contribution in [2.45, 2.75) is 13.5 Å². The molecular weight excluding hydrogens is 226 g/mol. The molecule has 0 aliphatic rings. The van der Waals surface area contributed by atoms with Gasteiger partial charge in [0.25, 0.3) is 0 Å². The number of benzene rings is 1. The van der Waals surface area contributed by atoms with E-state index in [2.05, 4.69) is 17.0 Å². The van der Waals surface area contributed by atoms with Crippen LogP contribution in [0.2, 0.25) is 0 Å². The van der Waals surface area contributed by atoms with Crippen LogP contribution in [0.3, 0.4) is 0 Å². The molecule has 0 amide bonds. The smallest absolute Gasteiger partial charge is 0.145 e. The molecule has 0 atom stereocenters. The van der Waals surface area contributed by atoms with Crippen molar-refractivity contribution in [2.75, 3.05) is 0 Å². The molecule has 0 bridgehead atoms. The summed E-state index contributed by atoms with van der Waals surface area (Å²) in [5.41, 5.74) is 1.08. The minimum atomic E-state index is 0.736. The van der Waals surface area contributed by atoms with E-state index in [-0.39, 0.29) is 0 Å². The molecule has 0 N–H and O–H groups in total. The van der Waals surface area contributed by atoms with Gasteiger partial charge >= 0.3 is 0 Å². The standard InChI is InChI=1S/C14H13N3O/c1-2-17-14-8-12(6-5-11(14)9-16-17)18-13-4-3-7-15-10-13/h3-10H,2H2,1H3. The van der Waals surface area contributed by atoms with Crippen LogP contribution in [0.4, 0.5) is 0 Å². The monoisotopic (exact) mass is 239 g/mol. The van der Waals surface area contributed by atoms with Gasteiger partial charge < -0.3 is 4.74 Å². The van der Waals surface area contributed by atoms with Gasteiger partial charge in [-0.15, -0.1) is 0 Å². The maximum Gasteiger partial charge on any atom is 0.145 e. The Kier molecular flexibility index (Phi) is 2.68. The van der Waals surface area contributed by atoms with Crippen molar-refractivity contribution in [3.8, 4) is 11.5 Å². The minimum Gasteiger partial charge on any atom is -0.456 e. The molecule has 0 unspecified atom stereocenters. The highest BCUT2D eigenvalue weighted by atomic mass is 16.5. The number of fused-ring (bicyclic) bond motifs is 1. The highest BCUT2D eigenvalue weighted by Gasteiger charge is 2.04. The molecule has 1 aromatic carbocycles. The fourth-order valence-corrected chi connectivity index (χ4v) is 1.91. The molecule has 18 heavy (non-hydrogen) atoms. The molecule has 4 heteroatoms. The number of nitrogens with zero attached hydrogens (tertiary/aromatic N) is 3. The SMILES string of the molecule is CCn1ncc2ccc(Oc3cccnc3)cc21. The summed E-state index contributed by atoms with van der Waals surface area (Å²) in [6.07, 6.45) is 5.29. The summed E-state index contributed by atoms with van der Waals surface area (Å²) in [6, 6.07) is 9.69. The molecule has 0 saturated carbocycles. The van der Waals surface area contributed by atoms with E-state index in [0.29, 0.717) is 0 Å². The zero-order valence-electron chi connectivity index (χ0n) is 10.1. The number of pyridine rings is 1. The first-order chi connectivity index (χ1) is 8.86. The normalized spacial score (nSPS) is 10.7. The molecule has 2 heterocycles. The first kappa shape index (κ1) is 10.8. The number of aromatic nitrogens is 3. The Morgan fingerprint density at radius 1 is 1.17 bits per heavy atom. The molecule has 4 nitrogen and oxygen atoms in total. The van der Waals surface area contributed by atoms with E-state index in [0.717, 1.165) is 28.9 Å². The van der Waals surface area contributed by atoms with Crippen LogP contribution in [0.1, 0.15) is 6.92 Å². The van der Waals surface area contributed by atoms with Crippen LogP contribution in [0.25, 0.3) is 10.9 Å². The first-order valence-electron chi connectivity index (χ1n) is 5.90. The first-order valence-corrected chi connectivity index (χ1v) is 5.90. The molecule has 0 radical (unpaired) electrons. The van der Waals surface area contributed by atoms with Gasteiger partial charge in [0.05, 0.1) is 17.9 Å². The summed E-state index contributed by atoms with van der Waals surface area (Å²) >= 11 is 0. The second-order valence-electron chi connectivity index (χ2n) is 3.97. The number of hydrogen-bond acceptors (Lipinski definition) is 3. The zero-order chi connectivity index (χ0) is 12.4. The van der Waals surface area contributed by atoms with Crippen LogP contribution in [0.15, 0.2) is 48.9 Å². The van der Waals surface area contributed by atoms with E-state index in [1.807, 2.05) is 41.2 Å². The van der Waals surface area contributed by atoms with Gasteiger partial charge in [-0.05, 0) is 31.2 Å². The second-order valence-corrected chi connectivity index (χ2v) is 3.97. The molecule has 0 fully saturated rings. The van der Waals surface area contributed by atoms with E-state index in [4.69, 9.17) is 4.74 Å². The molecule has 3 rings (SSSR count). The predicted molar refractivity (Wildman–Crippen MR) is 69.7 cm³/mol. The van der Waals surface area contributed by atoms with Crippen LogP contribution in [0, 0.1) is 0 Å². The van der Waals surface area contributed by atoms with Crippen molar-refractivity contribution in [1.82, 2.24) is 14.8 Å². The number of aryl methyl sites for hydroxylation is 1. The molecule has 0 saturated heterocycles. The fourth-order valence-electron chi connectivity index (χ4n) is 1.91. The van der Waals surface area contributed by atoms with Crippen LogP contribution >= 0.6 is 0 Å². The van der Waals surface area contributed by atoms with Gasteiger partial charge in [-0.1, -0.05) is 0 Å². The summed E-state index contributed by atoms with van der Waals surface area (Å²) in [5, 5.41) is 5.43. The zero-order valence-corrected chi connectivity index (χ0v) is 10.1. The Labute approximate surface area is 105 Å². The number of ether oxygens (including phenoxy) is 1. The molecule has 0 aliphatic carbocycles. The van der Waals surface area contributed by atoms with Crippen molar-refractivity contribution < 1.29 is 4.74 Å². The lowest BCUT2D eigenvalue weighted by Gasteiger charge is -2.05. The van der Waals surface area contributed by atoms with E-state index >= 15 is 0 Å². The van der Waals surface area contributed by atoms with Gasteiger partial charge in [0.15, 0.2) is 0 Å². The third-order valence-electron chi connectivity index (χ3n) is 2.79. The van der Waals surface area contributed by atoms with Gasteiger partial charge in [-0.2, -0.15) is 5.10 Å². The Bertz CT molecular complexity index is 661. The topological polar surface area (TPSA) is 39.9 Å². The van der Waals surface area contributed by atoms with Gasteiger partial charge in [0, 0.05) is 24.2 Å². The summed E-state index contributed by atoms with van der Waals surface area (Å²) < 4.78 is 7.70. The van der Waals surface area contributed by atoms with Crippen molar-refractivity contribution in [2.24, 2.45) is 0 Å². The number of hydrogen-bond donors (Lipinski definition) is 0. The third-order valence-corrected chi connectivity index (χ3v) is 2.79. The molecule has 3 aromatic rings. The second kappa shape index (κ2) is 4.49. The Balaban J connectivity index is 1.97. The molecule has 2 aromatic heterocycles.